The maximum Gasteiger partial charge on any atom is 0.410 e. The van der Waals surface area contributed by atoms with Crippen LogP contribution in [-0.2, 0) is 17.7 Å². The first-order valence-corrected chi connectivity index (χ1v) is 15.9. The first-order valence-electron chi connectivity index (χ1n) is 15.6. The first kappa shape index (κ1) is 28.5. The number of likely N-dealkylation sites (N-methyl/N-ethyl adjacent to an activating group) is 1. The molecule has 10 heteroatoms. The highest BCUT2D eigenvalue weighted by Crippen LogP contribution is 2.40. The number of piperidine rings is 1. The Hall–Kier alpha value is -3.30. The maximum absolute atomic E-state index is 12.9. The van der Waals surface area contributed by atoms with E-state index in [9.17, 15) is 4.79 Å². The molecule has 43 heavy (non-hydrogen) atoms. The summed E-state index contributed by atoms with van der Waals surface area (Å²) in [6.45, 7) is 10.4. The minimum absolute atomic E-state index is 0.119. The highest BCUT2D eigenvalue weighted by molar-refractivity contribution is 6.36. The van der Waals surface area contributed by atoms with Crippen molar-refractivity contribution in [1.29, 1.82) is 0 Å². The number of piperazine rings is 1. The Labute approximate surface area is 258 Å². The number of hydrogen-bond acceptors (Lipinski definition) is 8. The van der Waals surface area contributed by atoms with Crippen LogP contribution < -0.4 is 14.5 Å². The van der Waals surface area contributed by atoms with Gasteiger partial charge in [-0.05, 0) is 77.6 Å². The quantitative estimate of drug-likeness (QED) is 0.377. The van der Waals surface area contributed by atoms with E-state index in [0.29, 0.717) is 25.2 Å². The number of fused-ring (bicyclic) bond motifs is 4. The zero-order valence-electron chi connectivity index (χ0n) is 25.6. The van der Waals surface area contributed by atoms with Gasteiger partial charge in [-0.1, -0.05) is 35.9 Å². The van der Waals surface area contributed by atoms with Crippen LogP contribution >= 0.6 is 11.6 Å². The zero-order valence-corrected chi connectivity index (χ0v) is 26.3. The summed E-state index contributed by atoms with van der Waals surface area (Å²) >= 11 is 6.72. The monoisotopic (exact) mass is 604 g/mol. The van der Waals surface area contributed by atoms with Crippen molar-refractivity contribution in [3.63, 3.8) is 0 Å². The van der Waals surface area contributed by atoms with Crippen LogP contribution in [0.1, 0.15) is 51.3 Å². The van der Waals surface area contributed by atoms with Gasteiger partial charge in [0.2, 0.25) is 0 Å². The molecule has 228 valence electrons. The molecule has 3 aromatic rings. The fraction of sp³-hybridized carbons (Fsp3) is 0.545. The number of ether oxygens (including phenoxy) is 2. The smallest absolute Gasteiger partial charge is 0.410 e. The second-order valence-corrected chi connectivity index (χ2v) is 13.9. The summed E-state index contributed by atoms with van der Waals surface area (Å²) in [7, 11) is 2.16. The fourth-order valence-corrected chi connectivity index (χ4v) is 7.49. The molecule has 2 aromatic carbocycles. The summed E-state index contributed by atoms with van der Waals surface area (Å²) in [6.07, 6.45) is 3.91. The average molecular weight is 605 g/mol. The molecule has 0 N–H and O–H groups in total. The van der Waals surface area contributed by atoms with Crippen LogP contribution in [0.3, 0.4) is 0 Å². The number of anilines is 2. The fourth-order valence-electron chi connectivity index (χ4n) is 7.22. The molecule has 5 aliphatic heterocycles. The molecule has 0 aliphatic carbocycles. The summed E-state index contributed by atoms with van der Waals surface area (Å²) in [5.74, 6) is 0.953. The van der Waals surface area contributed by atoms with Crippen molar-refractivity contribution in [3.05, 3.63) is 52.7 Å². The molecule has 4 saturated heterocycles. The number of aromatic nitrogens is 2. The number of amides is 1. The number of likely N-dealkylation sites (tertiary alicyclic amines) is 1. The Morgan fingerprint density at radius 2 is 1.81 bits per heavy atom. The van der Waals surface area contributed by atoms with Gasteiger partial charge >= 0.3 is 12.1 Å². The minimum atomic E-state index is -0.508. The molecule has 4 fully saturated rings. The first-order chi connectivity index (χ1) is 20.6. The van der Waals surface area contributed by atoms with Crippen LogP contribution in [0, 0.1) is 0 Å². The summed E-state index contributed by atoms with van der Waals surface area (Å²) in [5.41, 5.74) is 2.79. The van der Waals surface area contributed by atoms with E-state index in [4.69, 9.17) is 31.0 Å². The molecule has 1 aromatic heterocycles. The maximum atomic E-state index is 12.9. The normalized spacial score (nSPS) is 23.7. The number of rotatable bonds is 5. The Morgan fingerprint density at radius 3 is 2.53 bits per heavy atom. The predicted molar refractivity (Wildman–Crippen MR) is 169 cm³/mol. The lowest BCUT2D eigenvalue weighted by Crippen LogP contribution is -2.70. The standard InChI is InChI=1S/C33H41ClN6O3/c1-33(2,3)43-32(41)40-23-16-24(40)18-39(17-23)30-25-13-15-38(28-12-6-9-21-8-5-11-26(34)29(21)28)19-27(25)35-31(36-30)42-20-22-10-7-14-37(22)4/h5-6,8-9,11-12,22-24H,7,10,13-20H2,1-4H3/t22-,23?,24?/m0/s1. The van der Waals surface area contributed by atoms with E-state index < -0.39 is 5.60 Å². The molecule has 9 nitrogen and oxygen atoms in total. The van der Waals surface area contributed by atoms with E-state index in [-0.39, 0.29) is 18.2 Å². The molecule has 1 amide bonds. The molecule has 0 saturated carbocycles. The summed E-state index contributed by atoms with van der Waals surface area (Å²) in [6, 6.07) is 13.5. The van der Waals surface area contributed by atoms with Crippen LogP contribution in [0.4, 0.5) is 16.3 Å². The van der Waals surface area contributed by atoms with Crippen molar-refractivity contribution in [2.75, 3.05) is 49.6 Å². The lowest BCUT2D eigenvalue weighted by atomic mass is 9.87. The van der Waals surface area contributed by atoms with Crippen molar-refractivity contribution in [3.8, 4) is 6.01 Å². The molecule has 0 spiro atoms. The predicted octanol–water partition coefficient (Wildman–Crippen LogP) is 5.52. The number of halogens is 1. The SMILES string of the molecule is CN1CCC[C@H]1COc1nc2c(c(N3CC4CC(C3)N4C(=O)OC(C)(C)C)n1)CCN(c1cccc3cccc(Cl)c13)C2. The zero-order chi connectivity index (χ0) is 29.9. The average Bonchev–Trinajstić information content (AvgIpc) is 3.38. The topological polar surface area (TPSA) is 74.3 Å². The molecular weight excluding hydrogens is 564 g/mol. The Kier molecular flexibility index (Phi) is 7.29. The number of carbonyl (C=O) groups is 1. The molecular formula is C33H41ClN6O3. The minimum Gasteiger partial charge on any atom is -0.462 e. The van der Waals surface area contributed by atoms with Crippen LogP contribution in [0.15, 0.2) is 36.4 Å². The molecule has 8 rings (SSSR count). The van der Waals surface area contributed by atoms with Crippen LogP contribution in [0.25, 0.3) is 10.8 Å². The largest absolute Gasteiger partial charge is 0.462 e. The molecule has 6 heterocycles. The van der Waals surface area contributed by atoms with Crippen molar-refractivity contribution >= 4 is 40.0 Å². The van der Waals surface area contributed by atoms with E-state index in [2.05, 4.69) is 46.0 Å². The van der Waals surface area contributed by atoms with E-state index in [0.717, 1.165) is 78.4 Å². The second kappa shape index (κ2) is 11.0. The van der Waals surface area contributed by atoms with Gasteiger partial charge in [0.05, 0.1) is 29.3 Å². The Morgan fingerprint density at radius 1 is 1.05 bits per heavy atom. The lowest BCUT2D eigenvalue weighted by molar-refractivity contribution is -0.0381. The summed E-state index contributed by atoms with van der Waals surface area (Å²) in [5, 5.41) is 2.96. The Bertz CT molecular complexity index is 1530. The van der Waals surface area contributed by atoms with Gasteiger partial charge in [-0.2, -0.15) is 9.97 Å². The molecule has 5 aliphatic rings. The molecule has 0 radical (unpaired) electrons. The van der Waals surface area contributed by atoms with Crippen molar-refractivity contribution < 1.29 is 14.3 Å². The van der Waals surface area contributed by atoms with Gasteiger partial charge in [-0.3, -0.25) is 4.90 Å². The van der Waals surface area contributed by atoms with Gasteiger partial charge in [0.1, 0.15) is 18.0 Å². The van der Waals surface area contributed by atoms with E-state index >= 15 is 0 Å². The number of nitrogens with zero attached hydrogens (tertiary/aromatic N) is 6. The van der Waals surface area contributed by atoms with Gasteiger partial charge in [0.25, 0.3) is 0 Å². The van der Waals surface area contributed by atoms with Gasteiger partial charge < -0.3 is 24.2 Å². The van der Waals surface area contributed by atoms with Gasteiger partial charge in [0, 0.05) is 42.3 Å². The molecule has 3 atom stereocenters. The van der Waals surface area contributed by atoms with E-state index in [1.807, 2.05) is 37.8 Å². The van der Waals surface area contributed by atoms with Crippen LogP contribution in [-0.4, -0.2) is 89.4 Å². The van der Waals surface area contributed by atoms with E-state index in [1.54, 1.807) is 0 Å². The third kappa shape index (κ3) is 5.46. The van der Waals surface area contributed by atoms with Crippen molar-refractivity contribution in [1.82, 2.24) is 19.8 Å². The summed E-state index contributed by atoms with van der Waals surface area (Å²) in [4.78, 5) is 32.0. The second-order valence-electron chi connectivity index (χ2n) is 13.5. The molecule has 2 unspecified atom stereocenters. The number of benzene rings is 2. The van der Waals surface area contributed by atoms with Gasteiger partial charge in [-0.25, -0.2) is 4.79 Å². The highest BCUT2D eigenvalue weighted by Gasteiger charge is 2.49. The number of hydrogen-bond donors (Lipinski definition) is 0. The lowest BCUT2D eigenvalue weighted by Gasteiger charge is -2.56. The van der Waals surface area contributed by atoms with Crippen molar-refractivity contribution in [2.24, 2.45) is 0 Å². The Balaban J connectivity index is 1.18. The third-order valence-electron chi connectivity index (χ3n) is 9.37. The van der Waals surface area contributed by atoms with Crippen molar-refractivity contribution in [2.45, 2.75) is 76.7 Å². The number of carbonyl (C=O) groups excluding carboxylic acids is 1. The van der Waals surface area contributed by atoms with E-state index in [1.165, 1.54) is 12.0 Å². The highest BCUT2D eigenvalue weighted by atomic mass is 35.5. The third-order valence-corrected chi connectivity index (χ3v) is 9.68. The van der Waals surface area contributed by atoms with Crippen LogP contribution in [0.5, 0.6) is 6.01 Å². The summed E-state index contributed by atoms with van der Waals surface area (Å²) < 4.78 is 12.0. The van der Waals surface area contributed by atoms with Crippen LogP contribution in [0.2, 0.25) is 5.02 Å². The molecule has 2 bridgehead atoms. The van der Waals surface area contributed by atoms with Gasteiger partial charge in [-0.15, -0.1) is 0 Å². The van der Waals surface area contributed by atoms with Gasteiger partial charge in [0.15, 0.2) is 0 Å².